The van der Waals surface area contributed by atoms with E-state index in [1.807, 2.05) is 0 Å². The van der Waals surface area contributed by atoms with E-state index in [0.717, 1.165) is 12.3 Å². The number of fused-ring (bicyclic) bond motifs is 2. The van der Waals surface area contributed by atoms with Crippen molar-refractivity contribution in [3.63, 3.8) is 0 Å². The first kappa shape index (κ1) is 11.6. The number of hydrogen-bond donors (Lipinski definition) is 1. The van der Waals surface area contributed by atoms with Crippen LogP contribution in [-0.4, -0.2) is 18.0 Å². The van der Waals surface area contributed by atoms with Gasteiger partial charge in [0.2, 0.25) is 0 Å². The molecule has 3 heteroatoms. The number of rotatable bonds is 3. The molecule has 3 atom stereocenters. The van der Waals surface area contributed by atoms with Crippen molar-refractivity contribution in [3.8, 4) is 11.5 Å². The smallest absolute Gasteiger partial charge is 0.170 e. The minimum atomic E-state index is 0.0728. The van der Waals surface area contributed by atoms with E-state index < -0.39 is 0 Å². The number of ketones is 1. The van der Waals surface area contributed by atoms with Crippen LogP contribution in [0.2, 0.25) is 0 Å². The molecule has 96 valence electrons. The summed E-state index contributed by atoms with van der Waals surface area (Å²) in [6.45, 7) is 0. The van der Waals surface area contributed by atoms with Crippen molar-refractivity contribution < 1.29 is 14.6 Å². The SMILES string of the molecule is COc1ccc(O)c(C(=O)C2C[C@@H]3CC[C@H]2C3)c1. The lowest BCUT2D eigenvalue weighted by Gasteiger charge is -2.20. The van der Waals surface area contributed by atoms with Gasteiger partial charge in [0.15, 0.2) is 5.78 Å². The van der Waals surface area contributed by atoms with Crippen LogP contribution in [0.15, 0.2) is 18.2 Å². The molecule has 0 aliphatic heterocycles. The van der Waals surface area contributed by atoms with Crippen LogP contribution in [0, 0.1) is 17.8 Å². The molecule has 0 spiro atoms. The molecule has 2 aliphatic carbocycles. The molecule has 18 heavy (non-hydrogen) atoms. The van der Waals surface area contributed by atoms with E-state index in [-0.39, 0.29) is 17.5 Å². The lowest BCUT2D eigenvalue weighted by Crippen LogP contribution is -2.21. The topological polar surface area (TPSA) is 46.5 Å². The average Bonchev–Trinajstić information content (AvgIpc) is 3.01. The average molecular weight is 246 g/mol. The Balaban J connectivity index is 1.88. The van der Waals surface area contributed by atoms with E-state index in [0.29, 0.717) is 17.2 Å². The van der Waals surface area contributed by atoms with Crippen molar-refractivity contribution in [1.29, 1.82) is 0 Å². The van der Waals surface area contributed by atoms with E-state index in [1.165, 1.54) is 19.3 Å². The zero-order valence-electron chi connectivity index (χ0n) is 10.6. The molecule has 0 amide bonds. The third-order valence-corrected chi connectivity index (χ3v) is 4.54. The summed E-state index contributed by atoms with van der Waals surface area (Å²) in [5.41, 5.74) is 0.423. The number of phenols is 1. The monoisotopic (exact) mass is 246 g/mol. The number of benzene rings is 1. The first-order valence-corrected chi connectivity index (χ1v) is 6.60. The summed E-state index contributed by atoms with van der Waals surface area (Å²) in [7, 11) is 1.57. The normalized spacial score (nSPS) is 29.5. The Morgan fingerprint density at radius 1 is 1.33 bits per heavy atom. The first-order chi connectivity index (χ1) is 8.69. The highest BCUT2D eigenvalue weighted by atomic mass is 16.5. The van der Waals surface area contributed by atoms with E-state index in [1.54, 1.807) is 25.3 Å². The Labute approximate surface area is 107 Å². The van der Waals surface area contributed by atoms with Crippen LogP contribution >= 0.6 is 0 Å². The summed E-state index contributed by atoms with van der Waals surface area (Å²) in [6.07, 6.45) is 4.64. The van der Waals surface area contributed by atoms with Gasteiger partial charge < -0.3 is 9.84 Å². The standard InChI is InChI=1S/C15H18O3/c1-18-11-4-5-14(16)13(8-11)15(17)12-7-9-2-3-10(12)6-9/h4-5,8-10,12,16H,2-3,6-7H2,1H3/t9-,10+,12?/m1/s1. The molecule has 1 aromatic carbocycles. The van der Waals surface area contributed by atoms with E-state index in [4.69, 9.17) is 4.74 Å². The van der Waals surface area contributed by atoms with E-state index in [9.17, 15) is 9.90 Å². The maximum atomic E-state index is 12.5. The zero-order chi connectivity index (χ0) is 12.7. The van der Waals surface area contributed by atoms with Crippen molar-refractivity contribution in [2.45, 2.75) is 25.7 Å². The molecule has 2 fully saturated rings. The summed E-state index contributed by atoms with van der Waals surface area (Å²) in [6, 6.07) is 4.87. The van der Waals surface area contributed by atoms with Crippen molar-refractivity contribution >= 4 is 5.78 Å². The second-order valence-electron chi connectivity index (χ2n) is 5.53. The fourth-order valence-electron chi connectivity index (χ4n) is 3.61. The molecule has 0 aromatic heterocycles. The highest BCUT2D eigenvalue weighted by molar-refractivity contribution is 6.01. The van der Waals surface area contributed by atoms with Gasteiger partial charge >= 0.3 is 0 Å². The fourth-order valence-corrected chi connectivity index (χ4v) is 3.61. The van der Waals surface area contributed by atoms with E-state index >= 15 is 0 Å². The van der Waals surface area contributed by atoms with Crippen LogP contribution in [0.25, 0.3) is 0 Å². The largest absolute Gasteiger partial charge is 0.507 e. The van der Waals surface area contributed by atoms with Crippen LogP contribution in [0.1, 0.15) is 36.0 Å². The number of hydrogen-bond acceptors (Lipinski definition) is 3. The Morgan fingerprint density at radius 3 is 2.78 bits per heavy atom. The maximum Gasteiger partial charge on any atom is 0.170 e. The van der Waals surface area contributed by atoms with E-state index in [2.05, 4.69) is 0 Å². The summed E-state index contributed by atoms with van der Waals surface area (Å²) in [5.74, 6) is 2.17. The van der Waals surface area contributed by atoms with Crippen molar-refractivity contribution in [2.24, 2.45) is 17.8 Å². The van der Waals surface area contributed by atoms with Crippen LogP contribution < -0.4 is 4.74 Å². The Kier molecular flexibility index (Phi) is 2.77. The highest BCUT2D eigenvalue weighted by Crippen LogP contribution is 2.49. The Hall–Kier alpha value is -1.51. The molecular weight excluding hydrogens is 228 g/mol. The molecule has 2 aliphatic rings. The number of carbonyl (C=O) groups excluding carboxylic acids is 1. The molecule has 0 radical (unpaired) electrons. The lowest BCUT2D eigenvalue weighted by molar-refractivity contribution is 0.0871. The van der Waals surface area contributed by atoms with Crippen LogP contribution in [0.3, 0.4) is 0 Å². The molecule has 0 saturated heterocycles. The van der Waals surface area contributed by atoms with Crippen molar-refractivity contribution in [2.75, 3.05) is 7.11 Å². The molecule has 1 aromatic rings. The van der Waals surface area contributed by atoms with Crippen molar-refractivity contribution in [3.05, 3.63) is 23.8 Å². The van der Waals surface area contributed by atoms with Crippen molar-refractivity contribution in [1.82, 2.24) is 0 Å². The quantitative estimate of drug-likeness (QED) is 0.834. The third kappa shape index (κ3) is 1.78. The molecule has 3 rings (SSSR count). The third-order valence-electron chi connectivity index (χ3n) is 4.54. The molecule has 2 bridgehead atoms. The molecule has 2 saturated carbocycles. The number of carbonyl (C=O) groups is 1. The number of Topliss-reactive ketones (excluding diaryl/α,β-unsaturated/α-hetero) is 1. The molecule has 1 unspecified atom stereocenters. The maximum absolute atomic E-state index is 12.5. The predicted molar refractivity (Wildman–Crippen MR) is 67.9 cm³/mol. The number of methoxy groups -OCH3 is 1. The summed E-state index contributed by atoms with van der Waals surface area (Å²) in [5, 5.41) is 9.86. The second-order valence-corrected chi connectivity index (χ2v) is 5.53. The minimum absolute atomic E-state index is 0.0728. The van der Waals surface area contributed by atoms with Gasteiger partial charge in [0, 0.05) is 5.92 Å². The second kappa shape index (κ2) is 4.30. The minimum Gasteiger partial charge on any atom is -0.507 e. The van der Waals surface area contributed by atoms with Gasteiger partial charge in [0.05, 0.1) is 12.7 Å². The summed E-state index contributed by atoms with van der Waals surface area (Å²) < 4.78 is 5.12. The van der Waals surface area contributed by atoms with Crippen LogP contribution in [0.5, 0.6) is 11.5 Å². The molecule has 3 nitrogen and oxygen atoms in total. The van der Waals surface area contributed by atoms with Gasteiger partial charge in [-0.3, -0.25) is 4.79 Å². The van der Waals surface area contributed by atoms with Crippen LogP contribution in [0.4, 0.5) is 0 Å². The van der Waals surface area contributed by atoms with Gasteiger partial charge in [-0.25, -0.2) is 0 Å². The van der Waals surface area contributed by atoms with Gasteiger partial charge in [-0.05, 0) is 49.3 Å². The zero-order valence-corrected chi connectivity index (χ0v) is 10.6. The predicted octanol–water partition coefficient (Wildman–Crippen LogP) is 3.02. The lowest BCUT2D eigenvalue weighted by atomic mass is 9.83. The van der Waals surface area contributed by atoms with Gasteiger partial charge in [0.25, 0.3) is 0 Å². The van der Waals surface area contributed by atoms with Gasteiger partial charge in [-0.15, -0.1) is 0 Å². The molecular formula is C15H18O3. The molecule has 1 N–H and O–H groups in total. The first-order valence-electron chi connectivity index (χ1n) is 6.60. The summed E-state index contributed by atoms with van der Waals surface area (Å²) >= 11 is 0. The van der Waals surface area contributed by atoms with Gasteiger partial charge in [0.1, 0.15) is 11.5 Å². The number of aromatic hydroxyl groups is 1. The Bertz CT molecular complexity index is 481. The summed E-state index contributed by atoms with van der Waals surface area (Å²) in [4.78, 5) is 12.5. The number of ether oxygens (including phenoxy) is 1. The number of phenolic OH excluding ortho intramolecular Hbond substituents is 1. The molecule has 0 heterocycles. The van der Waals surface area contributed by atoms with Gasteiger partial charge in [-0.2, -0.15) is 0 Å². The Morgan fingerprint density at radius 2 is 2.17 bits per heavy atom. The van der Waals surface area contributed by atoms with Gasteiger partial charge in [-0.1, -0.05) is 6.42 Å². The van der Waals surface area contributed by atoms with Crippen LogP contribution in [-0.2, 0) is 0 Å². The fraction of sp³-hybridized carbons (Fsp3) is 0.533. The highest BCUT2D eigenvalue weighted by Gasteiger charge is 2.43.